The van der Waals surface area contributed by atoms with Crippen LogP contribution in [0.1, 0.15) is 46.5 Å². The Bertz CT molecular complexity index is 257. The molecule has 4 heteroatoms. The van der Waals surface area contributed by atoms with Gasteiger partial charge in [0.15, 0.2) is 5.96 Å². The molecule has 112 valence electrons. The average molecular weight is 268 g/mol. The molecule has 1 saturated heterocycles. The van der Waals surface area contributed by atoms with E-state index in [0.717, 1.165) is 31.4 Å². The molecule has 0 radical (unpaired) electrons. The highest BCUT2D eigenvalue weighted by atomic mass is 15.2. The van der Waals surface area contributed by atoms with Crippen molar-refractivity contribution in [2.24, 2.45) is 10.9 Å². The standard InChI is InChI=1S/C15H32N4/c1-5-13(3)18-15(16-6-2)17-10-7-14-8-11-19(4)12-9-14/h13-14H,5-12H2,1-4H3,(H2,16,17,18). The molecule has 0 aromatic rings. The lowest BCUT2D eigenvalue weighted by Gasteiger charge is -2.28. The van der Waals surface area contributed by atoms with E-state index in [1.165, 1.54) is 32.4 Å². The highest BCUT2D eigenvalue weighted by molar-refractivity contribution is 5.79. The summed E-state index contributed by atoms with van der Waals surface area (Å²) >= 11 is 0. The van der Waals surface area contributed by atoms with E-state index in [2.05, 4.69) is 43.4 Å². The van der Waals surface area contributed by atoms with Gasteiger partial charge in [-0.25, -0.2) is 0 Å². The molecular weight excluding hydrogens is 236 g/mol. The van der Waals surface area contributed by atoms with Crippen molar-refractivity contribution in [3.8, 4) is 0 Å². The first-order valence-electron chi connectivity index (χ1n) is 7.89. The van der Waals surface area contributed by atoms with Crippen LogP contribution in [0.25, 0.3) is 0 Å². The summed E-state index contributed by atoms with van der Waals surface area (Å²) in [6.45, 7) is 10.9. The van der Waals surface area contributed by atoms with Crippen LogP contribution in [0.4, 0.5) is 0 Å². The Hall–Kier alpha value is -0.770. The van der Waals surface area contributed by atoms with Gasteiger partial charge in [-0.05, 0) is 65.6 Å². The van der Waals surface area contributed by atoms with Crippen LogP contribution in [0.3, 0.4) is 0 Å². The smallest absolute Gasteiger partial charge is 0.191 e. The molecule has 1 aliphatic rings. The maximum absolute atomic E-state index is 4.70. The Labute approximate surface area is 119 Å². The van der Waals surface area contributed by atoms with E-state index in [-0.39, 0.29) is 0 Å². The first-order chi connectivity index (χ1) is 9.15. The van der Waals surface area contributed by atoms with Crippen LogP contribution in [0.2, 0.25) is 0 Å². The molecule has 19 heavy (non-hydrogen) atoms. The summed E-state index contributed by atoms with van der Waals surface area (Å²) in [4.78, 5) is 7.12. The molecule has 1 heterocycles. The normalized spacial score (nSPS) is 20.3. The van der Waals surface area contributed by atoms with Crippen molar-refractivity contribution in [1.29, 1.82) is 0 Å². The van der Waals surface area contributed by atoms with E-state index in [0.29, 0.717) is 6.04 Å². The minimum absolute atomic E-state index is 0.487. The monoisotopic (exact) mass is 268 g/mol. The summed E-state index contributed by atoms with van der Waals surface area (Å²) in [5.74, 6) is 1.84. The van der Waals surface area contributed by atoms with E-state index < -0.39 is 0 Å². The third-order valence-electron chi connectivity index (χ3n) is 3.99. The van der Waals surface area contributed by atoms with Crippen molar-refractivity contribution in [1.82, 2.24) is 15.5 Å². The molecule has 1 aliphatic heterocycles. The Morgan fingerprint density at radius 2 is 2.00 bits per heavy atom. The van der Waals surface area contributed by atoms with E-state index in [9.17, 15) is 0 Å². The molecule has 4 nitrogen and oxygen atoms in total. The molecule has 0 aliphatic carbocycles. The lowest BCUT2D eigenvalue weighted by atomic mass is 9.94. The largest absolute Gasteiger partial charge is 0.357 e. The topological polar surface area (TPSA) is 39.7 Å². The number of likely N-dealkylation sites (tertiary alicyclic amines) is 1. The number of guanidine groups is 1. The summed E-state index contributed by atoms with van der Waals surface area (Å²) in [5.41, 5.74) is 0. The predicted molar refractivity (Wildman–Crippen MR) is 83.7 cm³/mol. The Balaban J connectivity index is 2.30. The number of aliphatic imine (C=N–C) groups is 1. The van der Waals surface area contributed by atoms with E-state index in [1.807, 2.05) is 0 Å². The van der Waals surface area contributed by atoms with Crippen LogP contribution >= 0.6 is 0 Å². The minimum Gasteiger partial charge on any atom is -0.357 e. The molecule has 1 unspecified atom stereocenters. The van der Waals surface area contributed by atoms with Crippen LogP contribution in [0.5, 0.6) is 0 Å². The molecule has 0 bridgehead atoms. The SMILES string of the molecule is CCNC(=NCCC1CCN(C)CC1)NC(C)CC. The van der Waals surface area contributed by atoms with Crippen LogP contribution in [0, 0.1) is 5.92 Å². The van der Waals surface area contributed by atoms with Crippen LogP contribution in [-0.4, -0.2) is 50.1 Å². The molecule has 0 aromatic heterocycles. The fourth-order valence-corrected chi connectivity index (χ4v) is 2.37. The maximum atomic E-state index is 4.70. The van der Waals surface area contributed by atoms with Crippen LogP contribution < -0.4 is 10.6 Å². The average Bonchev–Trinajstić information content (AvgIpc) is 2.41. The summed E-state index contributed by atoms with van der Waals surface area (Å²) in [6.07, 6.45) is 5.02. The van der Waals surface area contributed by atoms with E-state index >= 15 is 0 Å². The predicted octanol–water partition coefficient (Wildman–Crippen LogP) is 2.07. The summed E-state index contributed by atoms with van der Waals surface area (Å²) in [6, 6.07) is 0.487. The van der Waals surface area contributed by atoms with Gasteiger partial charge in [0.1, 0.15) is 0 Å². The Morgan fingerprint density at radius 3 is 2.58 bits per heavy atom. The van der Waals surface area contributed by atoms with Crippen molar-refractivity contribution >= 4 is 5.96 Å². The minimum atomic E-state index is 0.487. The lowest BCUT2D eigenvalue weighted by molar-refractivity contribution is 0.214. The first kappa shape index (κ1) is 16.3. The van der Waals surface area contributed by atoms with Gasteiger partial charge in [0, 0.05) is 19.1 Å². The summed E-state index contributed by atoms with van der Waals surface area (Å²) in [5, 5.41) is 6.77. The Morgan fingerprint density at radius 1 is 1.32 bits per heavy atom. The number of piperidine rings is 1. The molecule has 0 spiro atoms. The number of hydrogen-bond donors (Lipinski definition) is 2. The highest BCUT2D eigenvalue weighted by Crippen LogP contribution is 2.19. The zero-order valence-corrected chi connectivity index (χ0v) is 13.2. The van der Waals surface area contributed by atoms with Crippen molar-refractivity contribution < 1.29 is 0 Å². The summed E-state index contributed by atoms with van der Waals surface area (Å²) in [7, 11) is 2.22. The quantitative estimate of drug-likeness (QED) is 0.572. The van der Waals surface area contributed by atoms with E-state index in [4.69, 9.17) is 4.99 Å². The molecule has 2 N–H and O–H groups in total. The van der Waals surface area contributed by atoms with Gasteiger partial charge in [-0.15, -0.1) is 0 Å². The van der Waals surface area contributed by atoms with E-state index in [1.54, 1.807) is 0 Å². The van der Waals surface area contributed by atoms with Gasteiger partial charge in [0.2, 0.25) is 0 Å². The van der Waals surface area contributed by atoms with Crippen molar-refractivity contribution in [2.75, 3.05) is 33.2 Å². The zero-order valence-electron chi connectivity index (χ0n) is 13.2. The maximum Gasteiger partial charge on any atom is 0.191 e. The molecule has 0 amide bonds. The molecule has 1 fully saturated rings. The fraction of sp³-hybridized carbons (Fsp3) is 0.933. The number of nitrogens with one attached hydrogen (secondary N) is 2. The van der Waals surface area contributed by atoms with Gasteiger partial charge in [0.25, 0.3) is 0 Å². The molecular formula is C15H32N4. The molecule has 1 atom stereocenters. The van der Waals surface area contributed by atoms with Gasteiger partial charge < -0.3 is 15.5 Å². The second-order valence-electron chi connectivity index (χ2n) is 5.75. The summed E-state index contributed by atoms with van der Waals surface area (Å²) < 4.78 is 0. The molecule has 1 rings (SSSR count). The fourth-order valence-electron chi connectivity index (χ4n) is 2.37. The van der Waals surface area contributed by atoms with Crippen LogP contribution in [-0.2, 0) is 0 Å². The molecule has 0 saturated carbocycles. The van der Waals surface area contributed by atoms with Crippen molar-refractivity contribution in [3.05, 3.63) is 0 Å². The number of rotatable bonds is 6. The van der Waals surface area contributed by atoms with Gasteiger partial charge >= 0.3 is 0 Å². The van der Waals surface area contributed by atoms with Gasteiger partial charge in [-0.3, -0.25) is 4.99 Å². The number of nitrogens with zero attached hydrogens (tertiary/aromatic N) is 2. The van der Waals surface area contributed by atoms with Gasteiger partial charge in [-0.1, -0.05) is 6.92 Å². The van der Waals surface area contributed by atoms with Gasteiger partial charge in [0.05, 0.1) is 0 Å². The van der Waals surface area contributed by atoms with Crippen LogP contribution in [0.15, 0.2) is 4.99 Å². The zero-order chi connectivity index (χ0) is 14.1. The number of hydrogen-bond acceptors (Lipinski definition) is 2. The first-order valence-corrected chi connectivity index (χ1v) is 7.89. The third kappa shape index (κ3) is 6.81. The lowest BCUT2D eigenvalue weighted by Crippen LogP contribution is -2.42. The second kappa shape index (κ2) is 9.18. The third-order valence-corrected chi connectivity index (χ3v) is 3.99. The van der Waals surface area contributed by atoms with Gasteiger partial charge in [-0.2, -0.15) is 0 Å². The molecule has 0 aromatic carbocycles. The van der Waals surface area contributed by atoms with Crippen molar-refractivity contribution in [2.45, 2.75) is 52.5 Å². The highest BCUT2D eigenvalue weighted by Gasteiger charge is 2.15. The van der Waals surface area contributed by atoms with Crippen molar-refractivity contribution in [3.63, 3.8) is 0 Å². The Kier molecular flexibility index (Phi) is 7.87. The second-order valence-corrected chi connectivity index (χ2v) is 5.75.